The molecule has 0 fully saturated rings. The summed E-state index contributed by atoms with van der Waals surface area (Å²) in [4.78, 5) is 14.2. The molecule has 2 heterocycles. The molecule has 0 aliphatic rings. The Morgan fingerprint density at radius 2 is 2.07 bits per heavy atom. The maximum absolute atomic E-state index is 5.78. The molecular weight excluding hydrogens is 202 g/mol. The lowest BCUT2D eigenvalue weighted by molar-refractivity contribution is 0.935. The highest BCUT2D eigenvalue weighted by atomic mass is 35.5. The summed E-state index contributed by atoms with van der Waals surface area (Å²) in [7, 11) is 5.72. The smallest absolute Gasteiger partial charge is 0.226 e. The van der Waals surface area contributed by atoms with Gasteiger partial charge in [-0.1, -0.05) is 0 Å². The van der Waals surface area contributed by atoms with Crippen LogP contribution < -0.4 is 4.90 Å². The minimum atomic E-state index is 0.222. The third kappa shape index (κ3) is 1.29. The Hall–Kier alpha value is -1.36. The van der Waals surface area contributed by atoms with Crippen molar-refractivity contribution in [3.8, 4) is 0 Å². The predicted molar refractivity (Wildman–Crippen MR) is 55.6 cm³/mol. The summed E-state index contributed by atoms with van der Waals surface area (Å²) in [5.41, 5.74) is 1.51. The Labute approximate surface area is 86.3 Å². The van der Waals surface area contributed by atoms with Crippen LogP contribution in [0.1, 0.15) is 0 Å². The van der Waals surface area contributed by atoms with Gasteiger partial charge < -0.3 is 9.47 Å². The van der Waals surface area contributed by atoms with Crippen LogP contribution in [0.2, 0.25) is 5.28 Å². The topological polar surface area (TPSA) is 46.8 Å². The first kappa shape index (κ1) is 9.21. The predicted octanol–water partition coefficient (Wildman–Crippen LogP) is 1.08. The summed E-state index contributed by atoms with van der Waals surface area (Å²) < 4.78 is 1.88. The molecule has 0 aromatic carbocycles. The Bertz CT molecular complexity index is 476. The van der Waals surface area contributed by atoms with E-state index in [0.29, 0.717) is 5.65 Å². The lowest BCUT2D eigenvalue weighted by Gasteiger charge is -2.12. The van der Waals surface area contributed by atoms with Gasteiger partial charge >= 0.3 is 0 Å². The Balaban J connectivity index is 2.83. The number of anilines is 1. The molecule has 0 saturated heterocycles. The molecule has 74 valence electrons. The lowest BCUT2D eigenvalue weighted by atomic mass is 10.4. The molecule has 0 aliphatic heterocycles. The molecule has 0 N–H and O–H groups in total. The number of aromatic nitrogens is 4. The van der Waals surface area contributed by atoms with Gasteiger partial charge in [-0.25, -0.2) is 4.98 Å². The fourth-order valence-electron chi connectivity index (χ4n) is 1.32. The molecule has 2 rings (SSSR count). The van der Waals surface area contributed by atoms with Crippen molar-refractivity contribution >= 4 is 28.6 Å². The van der Waals surface area contributed by atoms with E-state index in [-0.39, 0.29) is 5.28 Å². The Morgan fingerprint density at radius 3 is 2.71 bits per heavy atom. The van der Waals surface area contributed by atoms with E-state index in [1.165, 1.54) is 0 Å². The largest absolute Gasteiger partial charge is 0.361 e. The molecule has 0 atom stereocenters. The van der Waals surface area contributed by atoms with E-state index in [0.717, 1.165) is 11.3 Å². The number of nitrogens with zero attached hydrogens (tertiary/aromatic N) is 5. The summed E-state index contributed by atoms with van der Waals surface area (Å²) in [5, 5.41) is 0.222. The van der Waals surface area contributed by atoms with E-state index in [9.17, 15) is 0 Å². The quantitative estimate of drug-likeness (QED) is 0.663. The van der Waals surface area contributed by atoms with Crippen LogP contribution in [0, 0.1) is 0 Å². The molecule has 0 bridgehead atoms. The number of fused-ring (bicyclic) bond motifs is 1. The van der Waals surface area contributed by atoms with Gasteiger partial charge in [0.05, 0.1) is 6.33 Å². The maximum Gasteiger partial charge on any atom is 0.226 e. The first-order valence-electron chi connectivity index (χ1n) is 4.11. The summed E-state index contributed by atoms with van der Waals surface area (Å²) >= 11 is 5.78. The van der Waals surface area contributed by atoms with E-state index < -0.39 is 0 Å². The average molecular weight is 212 g/mol. The molecule has 0 unspecified atom stereocenters. The molecule has 0 aliphatic carbocycles. The zero-order chi connectivity index (χ0) is 10.3. The monoisotopic (exact) mass is 211 g/mol. The highest BCUT2D eigenvalue weighted by Gasteiger charge is 2.12. The van der Waals surface area contributed by atoms with Gasteiger partial charge in [-0.15, -0.1) is 0 Å². The number of hydrogen-bond acceptors (Lipinski definition) is 4. The van der Waals surface area contributed by atoms with Gasteiger partial charge in [0.25, 0.3) is 0 Å². The van der Waals surface area contributed by atoms with Gasteiger partial charge in [0.2, 0.25) is 5.28 Å². The molecule has 0 radical (unpaired) electrons. The molecular formula is C8H10ClN5. The van der Waals surface area contributed by atoms with Crippen molar-refractivity contribution in [3.05, 3.63) is 11.6 Å². The van der Waals surface area contributed by atoms with Crippen molar-refractivity contribution in [2.45, 2.75) is 0 Å². The molecule has 0 amide bonds. The average Bonchev–Trinajstić information content (AvgIpc) is 2.46. The Kier molecular flexibility index (Phi) is 2.03. The fraction of sp³-hybridized carbons (Fsp3) is 0.375. The standard InChI is InChI=1S/C8H10ClN5/c1-13(2)7-5-6(10-4-14(5)3)11-8(9)12-7/h4H,1-3H3. The number of halogens is 1. The highest BCUT2D eigenvalue weighted by Crippen LogP contribution is 2.22. The van der Waals surface area contributed by atoms with Crippen molar-refractivity contribution in [1.29, 1.82) is 0 Å². The summed E-state index contributed by atoms with van der Waals surface area (Å²) in [6.07, 6.45) is 1.70. The van der Waals surface area contributed by atoms with E-state index in [2.05, 4.69) is 15.0 Å². The van der Waals surface area contributed by atoms with E-state index in [1.54, 1.807) is 6.33 Å². The number of rotatable bonds is 1. The summed E-state index contributed by atoms with van der Waals surface area (Å²) in [5.74, 6) is 0.778. The van der Waals surface area contributed by atoms with E-state index in [4.69, 9.17) is 11.6 Å². The maximum atomic E-state index is 5.78. The molecule has 2 aromatic heterocycles. The van der Waals surface area contributed by atoms with Gasteiger partial charge in [0.1, 0.15) is 5.52 Å². The van der Waals surface area contributed by atoms with Gasteiger partial charge in [0, 0.05) is 21.1 Å². The van der Waals surface area contributed by atoms with Crippen LogP contribution in [0.3, 0.4) is 0 Å². The van der Waals surface area contributed by atoms with Gasteiger partial charge in [-0.3, -0.25) is 0 Å². The second-order valence-corrected chi connectivity index (χ2v) is 3.58. The van der Waals surface area contributed by atoms with Gasteiger partial charge in [0.15, 0.2) is 11.5 Å². The molecule has 0 saturated carbocycles. The second-order valence-electron chi connectivity index (χ2n) is 3.24. The van der Waals surface area contributed by atoms with Crippen molar-refractivity contribution in [2.75, 3.05) is 19.0 Å². The van der Waals surface area contributed by atoms with Gasteiger partial charge in [-0.05, 0) is 11.6 Å². The second kappa shape index (κ2) is 3.09. The Morgan fingerprint density at radius 1 is 1.36 bits per heavy atom. The van der Waals surface area contributed by atoms with Crippen LogP contribution in [0.5, 0.6) is 0 Å². The lowest BCUT2D eigenvalue weighted by Crippen LogP contribution is -2.12. The van der Waals surface area contributed by atoms with Crippen LogP contribution in [0.25, 0.3) is 11.2 Å². The number of imidazole rings is 1. The van der Waals surface area contributed by atoms with E-state index >= 15 is 0 Å². The van der Waals surface area contributed by atoms with E-state index in [1.807, 2.05) is 30.6 Å². The van der Waals surface area contributed by atoms with Crippen LogP contribution in [0.15, 0.2) is 6.33 Å². The summed E-state index contributed by atoms with van der Waals surface area (Å²) in [6.45, 7) is 0. The van der Waals surface area contributed by atoms with Crippen molar-refractivity contribution in [3.63, 3.8) is 0 Å². The highest BCUT2D eigenvalue weighted by molar-refractivity contribution is 6.28. The molecule has 14 heavy (non-hydrogen) atoms. The van der Waals surface area contributed by atoms with Crippen molar-refractivity contribution in [1.82, 2.24) is 19.5 Å². The molecule has 0 spiro atoms. The molecule has 2 aromatic rings. The van der Waals surface area contributed by atoms with Crippen LogP contribution in [-0.4, -0.2) is 33.6 Å². The summed E-state index contributed by atoms with van der Waals surface area (Å²) in [6, 6.07) is 0. The van der Waals surface area contributed by atoms with Crippen LogP contribution in [0.4, 0.5) is 5.82 Å². The normalized spacial score (nSPS) is 10.9. The molecule has 5 nitrogen and oxygen atoms in total. The number of aryl methyl sites for hydroxylation is 1. The minimum Gasteiger partial charge on any atom is -0.361 e. The first-order valence-corrected chi connectivity index (χ1v) is 4.49. The van der Waals surface area contributed by atoms with Crippen LogP contribution >= 0.6 is 11.6 Å². The zero-order valence-corrected chi connectivity index (χ0v) is 8.95. The minimum absolute atomic E-state index is 0.222. The SMILES string of the molecule is CN(C)c1nc(Cl)nc2ncn(C)c12. The first-order chi connectivity index (χ1) is 6.59. The zero-order valence-electron chi connectivity index (χ0n) is 8.19. The van der Waals surface area contributed by atoms with Crippen molar-refractivity contribution < 1.29 is 0 Å². The fourth-order valence-corrected chi connectivity index (χ4v) is 1.48. The third-order valence-corrected chi connectivity index (χ3v) is 2.12. The number of hydrogen-bond donors (Lipinski definition) is 0. The van der Waals surface area contributed by atoms with Crippen LogP contribution in [-0.2, 0) is 7.05 Å². The van der Waals surface area contributed by atoms with Crippen molar-refractivity contribution in [2.24, 2.45) is 7.05 Å². The van der Waals surface area contributed by atoms with Gasteiger partial charge in [-0.2, -0.15) is 9.97 Å². The molecule has 6 heteroatoms. The third-order valence-electron chi connectivity index (χ3n) is 1.95.